The van der Waals surface area contributed by atoms with Crippen LogP contribution in [0, 0.1) is 13.8 Å². The van der Waals surface area contributed by atoms with Crippen molar-refractivity contribution in [2.24, 2.45) is 0 Å². The fourth-order valence-corrected chi connectivity index (χ4v) is 3.71. The number of amides is 1. The summed E-state index contributed by atoms with van der Waals surface area (Å²) in [6.45, 7) is 4.59. The van der Waals surface area contributed by atoms with Crippen LogP contribution in [0.2, 0.25) is 0 Å². The number of thioether (sulfide) groups is 1. The monoisotopic (exact) mass is 367 g/mol. The highest BCUT2D eigenvalue weighted by Crippen LogP contribution is 2.29. The molecule has 1 amide bonds. The Morgan fingerprint density at radius 3 is 2.73 bits per heavy atom. The van der Waals surface area contributed by atoms with Crippen LogP contribution >= 0.6 is 11.8 Å². The molecular formula is C19H21N5OS. The second-order valence-corrected chi connectivity index (χ2v) is 7.61. The lowest BCUT2D eigenvalue weighted by Gasteiger charge is -2.22. The topological polar surface area (TPSA) is 63.4 Å². The van der Waals surface area contributed by atoms with Crippen molar-refractivity contribution in [3.8, 4) is 0 Å². The zero-order valence-electron chi connectivity index (χ0n) is 14.9. The van der Waals surface area contributed by atoms with Crippen LogP contribution in [0.15, 0.2) is 41.6 Å². The van der Waals surface area contributed by atoms with E-state index in [2.05, 4.69) is 27.2 Å². The molecule has 26 heavy (non-hydrogen) atoms. The molecule has 2 heterocycles. The van der Waals surface area contributed by atoms with Gasteiger partial charge in [0.05, 0.1) is 5.75 Å². The second kappa shape index (κ2) is 7.07. The minimum absolute atomic E-state index is 0.140. The molecular weight excluding hydrogens is 346 g/mol. The molecule has 0 atom stereocenters. The molecule has 7 heteroatoms. The minimum Gasteiger partial charge on any atom is -0.335 e. The van der Waals surface area contributed by atoms with Gasteiger partial charge in [-0.3, -0.25) is 4.79 Å². The lowest BCUT2D eigenvalue weighted by Crippen LogP contribution is -2.33. The maximum absolute atomic E-state index is 12.8. The highest BCUT2D eigenvalue weighted by atomic mass is 32.2. The molecule has 1 aliphatic rings. The summed E-state index contributed by atoms with van der Waals surface area (Å²) in [5.41, 5.74) is 3.07. The summed E-state index contributed by atoms with van der Waals surface area (Å²) < 4.78 is 1.72. The third-order valence-corrected chi connectivity index (χ3v) is 5.25. The number of aromatic nitrogens is 4. The van der Waals surface area contributed by atoms with Gasteiger partial charge < -0.3 is 4.90 Å². The first-order valence-corrected chi connectivity index (χ1v) is 9.76. The number of rotatable bonds is 6. The summed E-state index contributed by atoms with van der Waals surface area (Å²) in [6, 6.07) is 12.5. The van der Waals surface area contributed by atoms with Gasteiger partial charge in [-0.25, -0.2) is 9.50 Å². The number of carbonyl (C=O) groups excluding carboxylic acids is 1. The molecule has 0 bridgehead atoms. The van der Waals surface area contributed by atoms with Gasteiger partial charge in [-0.05, 0) is 38.3 Å². The van der Waals surface area contributed by atoms with E-state index in [1.165, 1.54) is 17.3 Å². The normalized spacial score (nSPS) is 13.9. The first-order valence-electron chi connectivity index (χ1n) is 8.77. The SMILES string of the molecule is Cc1cc(C)n2nc(SCC(=O)N(Cc3ccccc3)C3CC3)nc2n1. The zero-order chi connectivity index (χ0) is 18.1. The summed E-state index contributed by atoms with van der Waals surface area (Å²) in [7, 11) is 0. The lowest BCUT2D eigenvalue weighted by atomic mass is 10.2. The molecule has 0 N–H and O–H groups in total. The predicted molar refractivity (Wildman–Crippen MR) is 101 cm³/mol. The van der Waals surface area contributed by atoms with Crippen molar-refractivity contribution >= 4 is 23.4 Å². The van der Waals surface area contributed by atoms with Crippen LogP contribution in [0.5, 0.6) is 0 Å². The first-order chi connectivity index (χ1) is 12.6. The van der Waals surface area contributed by atoms with Crippen molar-refractivity contribution < 1.29 is 4.79 Å². The number of benzene rings is 1. The van der Waals surface area contributed by atoms with Crippen LogP contribution in [0.1, 0.15) is 29.8 Å². The minimum atomic E-state index is 0.140. The molecule has 134 valence electrons. The smallest absolute Gasteiger partial charge is 0.253 e. The van der Waals surface area contributed by atoms with Crippen molar-refractivity contribution in [3.05, 3.63) is 53.3 Å². The van der Waals surface area contributed by atoms with Gasteiger partial charge in [0.2, 0.25) is 11.1 Å². The molecule has 1 aromatic carbocycles. The highest BCUT2D eigenvalue weighted by molar-refractivity contribution is 7.99. The van der Waals surface area contributed by atoms with E-state index in [9.17, 15) is 4.79 Å². The molecule has 6 nitrogen and oxygen atoms in total. The van der Waals surface area contributed by atoms with Gasteiger partial charge >= 0.3 is 0 Å². The van der Waals surface area contributed by atoms with E-state index in [1.54, 1.807) is 4.52 Å². The molecule has 1 fully saturated rings. The Morgan fingerprint density at radius 2 is 2.00 bits per heavy atom. The first kappa shape index (κ1) is 17.0. The summed E-state index contributed by atoms with van der Waals surface area (Å²) in [6.07, 6.45) is 2.19. The van der Waals surface area contributed by atoms with E-state index in [0.717, 1.165) is 24.2 Å². The van der Waals surface area contributed by atoms with Gasteiger partial charge in [-0.15, -0.1) is 5.10 Å². The van der Waals surface area contributed by atoms with Gasteiger partial charge in [-0.2, -0.15) is 4.98 Å². The van der Waals surface area contributed by atoms with Crippen LogP contribution in [0.3, 0.4) is 0 Å². The standard InChI is InChI=1S/C19H21N5OS/c1-13-10-14(2)24-18(20-13)21-19(22-24)26-12-17(25)23(16-8-9-16)11-15-6-4-3-5-7-15/h3-7,10,16H,8-9,11-12H2,1-2H3. The van der Waals surface area contributed by atoms with Crippen LogP contribution in [0.4, 0.5) is 0 Å². The van der Waals surface area contributed by atoms with E-state index in [1.807, 2.05) is 43.0 Å². The number of carbonyl (C=O) groups is 1. The van der Waals surface area contributed by atoms with Crippen LogP contribution in [-0.4, -0.2) is 42.2 Å². The maximum Gasteiger partial charge on any atom is 0.253 e. The Labute approximate surface area is 156 Å². The Kier molecular flexibility index (Phi) is 4.63. The Hall–Kier alpha value is -2.41. The van der Waals surface area contributed by atoms with Crippen molar-refractivity contribution in [1.29, 1.82) is 0 Å². The summed E-state index contributed by atoms with van der Waals surface area (Å²) in [5, 5.41) is 5.06. The number of hydrogen-bond acceptors (Lipinski definition) is 5. The van der Waals surface area contributed by atoms with E-state index >= 15 is 0 Å². The average Bonchev–Trinajstić information content (AvgIpc) is 3.38. The Morgan fingerprint density at radius 1 is 1.23 bits per heavy atom. The molecule has 1 aliphatic carbocycles. The van der Waals surface area contributed by atoms with E-state index < -0.39 is 0 Å². The number of nitrogens with zero attached hydrogens (tertiary/aromatic N) is 5. The quantitative estimate of drug-likeness (QED) is 0.627. The van der Waals surface area contributed by atoms with Crippen molar-refractivity contribution in [2.45, 2.75) is 44.4 Å². The molecule has 4 rings (SSSR count). The van der Waals surface area contributed by atoms with Gasteiger partial charge in [0.15, 0.2) is 0 Å². The second-order valence-electron chi connectivity index (χ2n) is 6.67. The molecule has 1 saturated carbocycles. The molecule has 0 unspecified atom stereocenters. The average molecular weight is 367 g/mol. The summed E-state index contributed by atoms with van der Waals surface area (Å²) in [4.78, 5) is 23.6. The molecule has 0 spiro atoms. The van der Waals surface area contributed by atoms with E-state index in [0.29, 0.717) is 29.3 Å². The molecule has 3 aromatic rings. The van der Waals surface area contributed by atoms with Crippen molar-refractivity contribution in [1.82, 2.24) is 24.5 Å². The third kappa shape index (κ3) is 3.72. The van der Waals surface area contributed by atoms with Gasteiger partial charge in [-0.1, -0.05) is 42.1 Å². The fourth-order valence-electron chi connectivity index (χ4n) is 3.01. The molecule has 2 aromatic heterocycles. The van der Waals surface area contributed by atoms with Crippen molar-refractivity contribution in [3.63, 3.8) is 0 Å². The molecule has 0 aliphatic heterocycles. The van der Waals surface area contributed by atoms with Gasteiger partial charge in [0, 0.05) is 24.0 Å². The predicted octanol–water partition coefficient (Wildman–Crippen LogP) is 3.02. The highest BCUT2D eigenvalue weighted by Gasteiger charge is 2.32. The Bertz CT molecular complexity index is 936. The van der Waals surface area contributed by atoms with Crippen molar-refractivity contribution in [2.75, 3.05) is 5.75 Å². The number of aryl methyl sites for hydroxylation is 2. The zero-order valence-corrected chi connectivity index (χ0v) is 15.7. The van der Waals surface area contributed by atoms with Gasteiger partial charge in [0.1, 0.15) is 0 Å². The van der Waals surface area contributed by atoms with Crippen LogP contribution in [-0.2, 0) is 11.3 Å². The van der Waals surface area contributed by atoms with Gasteiger partial charge in [0.25, 0.3) is 5.78 Å². The summed E-state index contributed by atoms with van der Waals surface area (Å²) in [5.74, 6) is 1.07. The molecule has 0 saturated heterocycles. The number of hydrogen-bond donors (Lipinski definition) is 0. The maximum atomic E-state index is 12.8. The van der Waals surface area contributed by atoms with Crippen LogP contribution in [0.25, 0.3) is 5.78 Å². The fraction of sp³-hybridized carbons (Fsp3) is 0.368. The lowest BCUT2D eigenvalue weighted by molar-refractivity contribution is -0.129. The van der Waals surface area contributed by atoms with E-state index in [4.69, 9.17) is 0 Å². The molecule has 0 radical (unpaired) electrons. The largest absolute Gasteiger partial charge is 0.335 e. The third-order valence-electron chi connectivity index (χ3n) is 4.43. The summed E-state index contributed by atoms with van der Waals surface area (Å²) >= 11 is 1.38. The van der Waals surface area contributed by atoms with Crippen LogP contribution < -0.4 is 0 Å². The number of fused-ring (bicyclic) bond motifs is 1. The Balaban J connectivity index is 1.44. The van der Waals surface area contributed by atoms with E-state index in [-0.39, 0.29) is 5.91 Å².